The van der Waals surface area contributed by atoms with Gasteiger partial charge in [-0.05, 0) is 25.1 Å². The minimum Gasteiger partial charge on any atom is -0.466 e. The highest BCUT2D eigenvalue weighted by molar-refractivity contribution is 6.33. The average Bonchev–Trinajstić information content (AvgIpc) is 2.38. The number of halogens is 1. The molecule has 0 aromatic heterocycles. The Balaban J connectivity index is 2.61. The van der Waals surface area contributed by atoms with E-state index in [-0.39, 0.29) is 18.3 Å². The Labute approximate surface area is 117 Å². The largest absolute Gasteiger partial charge is 0.466 e. The van der Waals surface area contributed by atoms with E-state index in [0.717, 1.165) is 0 Å². The molecule has 0 saturated heterocycles. The molecule has 1 amide bonds. The summed E-state index contributed by atoms with van der Waals surface area (Å²) in [7, 11) is 1.62. The molecule has 0 atom stereocenters. The molecular weight excluding hydrogens is 268 g/mol. The van der Waals surface area contributed by atoms with E-state index in [4.69, 9.17) is 22.1 Å². The molecule has 5 nitrogen and oxygen atoms in total. The van der Waals surface area contributed by atoms with Gasteiger partial charge in [0.25, 0.3) is 5.91 Å². The van der Waals surface area contributed by atoms with Crippen molar-refractivity contribution < 1.29 is 14.3 Å². The van der Waals surface area contributed by atoms with Gasteiger partial charge >= 0.3 is 5.97 Å². The number of benzene rings is 1. The maximum atomic E-state index is 12.1. The molecule has 104 valence electrons. The van der Waals surface area contributed by atoms with Gasteiger partial charge in [0.05, 0.1) is 23.7 Å². The van der Waals surface area contributed by atoms with Crippen LogP contribution in [0.25, 0.3) is 0 Å². The minimum absolute atomic E-state index is 0.166. The first-order chi connectivity index (χ1) is 8.95. The molecule has 1 aromatic rings. The number of nitrogen functional groups attached to an aromatic ring is 1. The summed E-state index contributed by atoms with van der Waals surface area (Å²) in [6, 6.07) is 4.69. The molecule has 0 fully saturated rings. The summed E-state index contributed by atoms with van der Waals surface area (Å²) >= 11 is 5.79. The molecule has 0 aliphatic rings. The summed E-state index contributed by atoms with van der Waals surface area (Å²) in [6.07, 6.45) is 0.166. The predicted molar refractivity (Wildman–Crippen MR) is 74.1 cm³/mol. The van der Waals surface area contributed by atoms with Crippen LogP contribution in [0, 0.1) is 0 Å². The normalized spacial score (nSPS) is 10.1. The molecule has 0 heterocycles. The summed E-state index contributed by atoms with van der Waals surface area (Å²) in [6.45, 7) is 2.37. The summed E-state index contributed by atoms with van der Waals surface area (Å²) in [5, 5.41) is 0.408. The average molecular weight is 285 g/mol. The molecule has 6 heteroatoms. The van der Waals surface area contributed by atoms with Crippen LogP contribution in [0.2, 0.25) is 5.02 Å². The quantitative estimate of drug-likeness (QED) is 0.662. The van der Waals surface area contributed by atoms with Crippen LogP contribution in [0.4, 0.5) is 5.69 Å². The molecule has 1 rings (SSSR count). The van der Waals surface area contributed by atoms with E-state index < -0.39 is 0 Å². The molecular formula is C13H17ClN2O3. The topological polar surface area (TPSA) is 72.6 Å². The van der Waals surface area contributed by atoms with E-state index >= 15 is 0 Å². The van der Waals surface area contributed by atoms with Gasteiger partial charge in [-0.25, -0.2) is 0 Å². The summed E-state index contributed by atoms with van der Waals surface area (Å²) in [5.74, 6) is -0.537. The first-order valence-electron chi connectivity index (χ1n) is 5.91. The smallest absolute Gasteiger partial charge is 0.307 e. The molecule has 19 heavy (non-hydrogen) atoms. The zero-order valence-electron chi connectivity index (χ0n) is 11.0. The van der Waals surface area contributed by atoms with Gasteiger partial charge in [-0.15, -0.1) is 0 Å². The van der Waals surface area contributed by atoms with Gasteiger partial charge in [0.15, 0.2) is 0 Å². The fourth-order valence-electron chi connectivity index (χ4n) is 1.49. The molecule has 0 aliphatic carbocycles. The lowest BCUT2D eigenvalue weighted by molar-refractivity contribution is -0.143. The molecule has 0 aliphatic heterocycles. The van der Waals surface area contributed by atoms with Gasteiger partial charge in [-0.1, -0.05) is 11.6 Å². The number of amides is 1. The highest BCUT2D eigenvalue weighted by Gasteiger charge is 2.14. The van der Waals surface area contributed by atoms with Crippen LogP contribution >= 0.6 is 11.6 Å². The second-order valence-corrected chi connectivity index (χ2v) is 4.43. The van der Waals surface area contributed by atoms with Gasteiger partial charge < -0.3 is 15.4 Å². The Hall–Kier alpha value is -1.75. The third-order valence-electron chi connectivity index (χ3n) is 2.55. The fraction of sp³-hybridized carbons (Fsp3) is 0.385. The number of nitrogens with zero attached hydrogens (tertiary/aromatic N) is 1. The maximum Gasteiger partial charge on any atom is 0.307 e. The Morgan fingerprint density at radius 1 is 1.42 bits per heavy atom. The number of carbonyl (C=O) groups excluding carboxylic acids is 2. The molecule has 0 bridgehead atoms. The van der Waals surface area contributed by atoms with Crippen molar-refractivity contribution in [1.29, 1.82) is 0 Å². The third kappa shape index (κ3) is 4.44. The lowest BCUT2D eigenvalue weighted by atomic mass is 10.2. The number of rotatable bonds is 5. The summed E-state index contributed by atoms with van der Waals surface area (Å²) in [4.78, 5) is 24.7. The van der Waals surface area contributed by atoms with Crippen LogP contribution in [-0.2, 0) is 9.53 Å². The maximum absolute atomic E-state index is 12.1. The van der Waals surface area contributed by atoms with Crippen molar-refractivity contribution in [3.63, 3.8) is 0 Å². The molecule has 0 unspecified atom stereocenters. The Kier molecular flexibility index (Phi) is 5.63. The standard InChI is InChI=1S/C13H17ClN2O3/c1-3-19-12(17)6-7-16(2)13(18)9-4-5-10(14)11(15)8-9/h4-5,8H,3,6-7,15H2,1-2H3. The van der Waals surface area contributed by atoms with Gasteiger partial charge in [-0.3, -0.25) is 9.59 Å². The first kappa shape index (κ1) is 15.3. The molecule has 2 N–H and O–H groups in total. The van der Waals surface area contributed by atoms with E-state index in [2.05, 4.69) is 0 Å². The Morgan fingerprint density at radius 3 is 2.68 bits per heavy atom. The number of ether oxygens (including phenoxy) is 1. The van der Waals surface area contributed by atoms with Crippen molar-refractivity contribution in [2.45, 2.75) is 13.3 Å². The second kappa shape index (κ2) is 6.99. The zero-order chi connectivity index (χ0) is 14.4. The van der Waals surface area contributed by atoms with Gasteiger partial charge in [-0.2, -0.15) is 0 Å². The van der Waals surface area contributed by atoms with Crippen LogP contribution < -0.4 is 5.73 Å². The van der Waals surface area contributed by atoms with Crippen molar-refractivity contribution in [1.82, 2.24) is 4.90 Å². The van der Waals surface area contributed by atoms with Gasteiger partial charge in [0.2, 0.25) is 0 Å². The highest BCUT2D eigenvalue weighted by Crippen LogP contribution is 2.20. The minimum atomic E-state index is -0.322. The van der Waals surface area contributed by atoms with Crippen molar-refractivity contribution in [3.05, 3.63) is 28.8 Å². The van der Waals surface area contributed by atoms with Crippen molar-refractivity contribution in [2.24, 2.45) is 0 Å². The van der Waals surface area contributed by atoms with E-state index in [0.29, 0.717) is 29.4 Å². The third-order valence-corrected chi connectivity index (χ3v) is 2.89. The van der Waals surface area contributed by atoms with Crippen LogP contribution in [0.1, 0.15) is 23.7 Å². The zero-order valence-corrected chi connectivity index (χ0v) is 11.7. The Morgan fingerprint density at radius 2 is 2.11 bits per heavy atom. The lowest BCUT2D eigenvalue weighted by Crippen LogP contribution is -2.29. The van der Waals surface area contributed by atoms with Crippen molar-refractivity contribution in [3.8, 4) is 0 Å². The van der Waals surface area contributed by atoms with Crippen LogP contribution in [0.5, 0.6) is 0 Å². The molecule has 0 radical (unpaired) electrons. The number of carbonyl (C=O) groups is 2. The SMILES string of the molecule is CCOC(=O)CCN(C)C(=O)c1ccc(Cl)c(N)c1. The lowest BCUT2D eigenvalue weighted by Gasteiger charge is -2.17. The second-order valence-electron chi connectivity index (χ2n) is 4.02. The van der Waals surface area contributed by atoms with E-state index in [1.165, 1.54) is 11.0 Å². The summed E-state index contributed by atoms with van der Waals surface area (Å²) in [5.41, 5.74) is 6.43. The monoisotopic (exact) mass is 284 g/mol. The van der Waals surface area contributed by atoms with E-state index in [1.54, 1.807) is 26.1 Å². The number of nitrogens with two attached hydrogens (primary N) is 1. The summed E-state index contributed by atoms with van der Waals surface area (Å²) < 4.78 is 4.80. The number of hydrogen-bond acceptors (Lipinski definition) is 4. The van der Waals surface area contributed by atoms with Crippen molar-refractivity contribution >= 4 is 29.2 Å². The number of anilines is 1. The van der Waals surface area contributed by atoms with Crippen molar-refractivity contribution in [2.75, 3.05) is 25.9 Å². The van der Waals surface area contributed by atoms with Gasteiger partial charge in [0, 0.05) is 19.2 Å². The highest BCUT2D eigenvalue weighted by atomic mass is 35.5. The first-order valence-corrected chi connectivity index (χ1v) is 6.29. The van der Waals surface area contributed by atoms with Crippen LogP contribution in [0.3, 0.4) is 0 Å². The number of hydrogen-bond donors (Lipinski definition) is 1. The molecule has 1 aromatic carbocycles. The van der Waals surface area contributed by atoms with E-state index in [1.807, 2.05) is 0 Å². The number of esters is 1. The van der Waals surface area contributed by atoms with E-state index in [9.17, 15) is 9.59 Å². The predicted octanol–water partition coefficient (Wildman–Crippen LogP) is 1.95. The van der Waals surface area contributed by atoms with Gasteiger partial charge in [0.1, 0.15) is 0 Å². The fourth-order valence-corrected chi connectivity index (χ4v) is 1.61. The van der Waals surface area contributed by atoms with Crippen LogP contribution in [-0.4, -0.2) is 37.0 Å². The van der Waals surface area contributed by atoms with Crippen LogP contribution in [0.15, 0.2) is 18.2 Å². The molecule has 0 saturated carbocycles. The molecule has 0 spiro atoms. The Bertz CT molecular complexity index is 477.